The van der Waals surface area contributed by atoms with E-state index < -0.39 is 5.97 Å². The number of carbonyl (C=O) groups is 1. The van der Waals surface area contributed by atoms with E-state index in [1.165, 1.54) is 17.3 Å². The van der Waals surface area contributed by atoms with Gasteiger partial charge in [-0.15, -0.1) is 0 Å². The molecular formula is C4H4BrN3O2. The summed E-state index contributed by atoms with van der Waals surface area (Å²) in [5.41, 5.74) is 0. The molecule has 0 saturated carbocycles. The van der Waals surface area contributed by atoms with Gasteiger partial charge >= 0.3 is 5.97 Å². The van der Waals surface area contributed by atoms with Crippen LogP contribution in [0.15, 0.2) is 12.7 Å². The molecule has 10 heavy (non-hydrogen) atoms. The zero-order valence-corrected chi connectivity index (χ0v) is 6.48. The molecule has 0 aliphatic heterocycles. The number of halogens is 1. The lowest BCUT2D eigenvalue weighted by atomic mass is 10.7. The van der Waals surface area contributed by atoms with Gasteiger partial charge in [0.15, 0.2) is 16.3 Å². The van der Waals surface area contributed by atoms with Crippen LogP contribution in [0.1, 0.15) is 0 Å². The molecule has 0 atom stereocenters. The van der Waals surface area contributed by atoms with E-state index in [0.29, 0.717) is 0 Å². The third kappa shape index (κ3) is 1.80. The van der Waals surface area contributed by atoms with Crippen molar-refractivity contribution < 1.29 is 8.62 Å². The van der Waals surface area contributed by atoms with Crippen molar-refractivity contribution in [3.8, 4) is 0 Å². The van der Waals surface area contributed by atoms with Crippen LogP contribution < -0.4 is 0 Å². The summed E-state index contributed by atoms with van der Waals surface area (Å²) in [6, 6.07) is 0. The van der Waals surface area contributed by atoms with Crippen molar-refractivity contribution in [3.63, 3.8) is 0 Å². The molecule has 0 bridgehead atoms. The Hall–Kier alpha value is -0.910. The van der Waals surface area contributed by atoms with Gasteiger partial charge in [-0.1, -0.05) is 0 Å². The fourth-order valence-corrected chi connectivity index (χ4v) is 0.573. The Balaban J connectivity index is 2.48. The predicted octanol–water partition coefficient (Wildman–Crippen LogP) is 0.131. The Kier molecular flexibility index (Phi) is 2.38. The Labute approximate surface area is 65.5 Å². The molecule has 0 unspecified atom stereocenters. The van der Waals surface area contributed by atoms with Crippen LogP contribution in [0, 0.1) is 0 Å². The number of hydrogen-bond donors (Lipinski definition) is 0. The molecule has 0 saturated heterocycles. The van der Waals surface area contributed by atoms with Crippen LogP contribution >= 0.6 is 16.3 Å². The molecule has 0 radical (unpaired) electrons. The van der Waals surface area contributed by atoms with Crippen molar-refractivity contribution in [2.45, 2.75) is 6.54 Å². The van der Waals surface area contributed by atoms with Gasteiger partial charge in [-0.3, -0.25) is 0 Å². The lowest BCUT2D eigenvalue weighted by Gasteiger charge is -1.93. The van der Waals surface area contributed by atoms with E-state index in [9.17, 15) is 4.79 Å². The van der Waals surface area contributed by atoms with Crippen molar-refractivity contribution in [2.24, 2.45) is 0 Å². The molecular weight excluding hydrogens is 202 g/mol. The van der Waals surface area contributed by atoms with E-state index in [4.69, 9.17) is 0 Å². The first-order chi connectivity index (χ1) is 4.83. The highest BCUT2D eigenvalue weighted by atomic mass is 79.9. The Morgan fingerprint density at radius 2 is 2.60 bits per heavy atom. The number of aromatic nitrogens is 3. The maximum absolute atomic E-state index is 10.5. The van der Waals surface area contributed by atoms with E-state index in [1.54, 1.807) is 0 Å². The molecule has 0 fully saturated rings. The van der Waals surface area contributed by atoms with Crippen LogP contribution in [-0.2, 0) is 15.2 Å². The van der Waals surface area contributed by atoms with Gasteiger partial charge in [-0.2, -0.15) is 5.10 Å². The zero-order valence-electron chi connectivity index (χ0n) is 4.90. The van der Waals surface area contributed by atoms with E-state index in [0.717, 1.165) is 0 Å². The molecule has 0 aliphatic rings. The Morgan fingerprint density at radius 3 is 3.10 bits per heavy atom. The molecule has 0 amide bonds. The minimum atomic E-state index is -0.412. The average molecular weight is 206 g/mol. The first-order valence-corrected chi connectivity index (χ1v) is 3.11. The van der Waals surface area contributed by atoms with E-state index in [-0.39, 0.29) is 6.54 Å². The van der Waals surface area contributed by atoms with Crippen LogP contribution in [0.4, 0.5) is 0 Å². The maximum Gasteiger partial charge on any atom is 0.339 e. The fraction of sp³-hybridized carbons (Fsp3) is 0.250. The van der Waals surface area contributed by atoms with Crippen molar-refractivity contribution in [1.29, 1.82) is 0 Å². The molecule has 54 valence electrons. The van der Waals surface area contributed by atoms with Gasteiger partial charge in [0, 0.05) is 0 Å². The summed E-state index contributed by atoms with van der Waals surface area (Å²) in [5.74, 6) is -0.412. The van der Waals surface area contributed by atoms with Crippen LogP contribution in [0.3, 0.4) is 0 Å². The summed E-state index contributed by atoms with van der Waals surface area (Å²) < 4.78 is 5.57. The van der Waals surface area contributed by atoms with Crippen LogP contribution in [-0.4, -0.2) is 20.7 Å². The first kappa shape index (κ1) is 7.20. The van der Waals surface area contributed by atoms with E-state index in [1.807, 2.05) is 0 Å². The summed E-state index contributed by atoms with van der Waals surface area (Å²) in [4.78, 5) is 14.2. The first-order valence-electron chi connectivity index (χ1n) is 2.47. The minimum absolute atomic E-state index is 0.0747. The predicted molar refractivity (Wildman–Crippen MR) is 35.0 cm³/mol. The fourth-order valence-electron chi connectivity index (χ4n) is 0.471. The van der Waals surface area contributed by atoms with Crippen LogP contribution in [0.5, 0.6) is 0 Å². The lowest BCUT2D eigenvalue weighted by Crippen LogP contribution is -2.09. The average Bonchev–Trinajstić information content (AvgIpc) is 2.40. The second-order valence-corrected chi connectivity index (χ2v) is 1.87. The van der Waals surface area contributed by atoms with Gasteiger partial charge < -0.3 is 3.83 Å². The molecule has 1 aromatic rings. The monoisotopic (exact) mass is 205 g/mol. The summed E-state index contributed by atoms with van der Waals surface area (Å²) in [7, 11) is 0. The van der Waals surface area contributed by atoms with Crippen molar-refractivity contribution in [2.75, 3.05) is 0 Å². The summed E-state index contributed by atoms with van der Waals surface area (Å²) in [5, 5.41) is 3.69. The highest BCUT2D eigenvalue weighted by Crippen LogP contribution is 1.89. The molecule has 6 heteroatoms. The molecule has 1 rings (SSSR count). The summed E-state index contributed by atoms with van der Waals surface area (Å²) in [6.07, 6.45) is 2.78. The number of rotatable bonds is 2. The number of hydrogen-bond acceptors (Lipinski definition) is 4. The van der Waals surface area contributed by atoms with Gasteiger partial charge in [0.1, 0.15) is 19.2 Å². The highest BCUT2D eigenvalue weighted by Gasteiger charge is 2.01. The molecule has 0 N–H and O–H groups in total. The maximum atomic E-state index is 10.5. The molecule has 1 heterocycles. The van der Waals surface area contributed by atoms with E-state index >= 15 is 0 Å². The van der Waals surface area contributed by atoms with Crippen molar-refractivity contribution >= 4 is 22.2 Å². The summed E-state index contributed by atoms with van der Waals surface area (Å²) in [6.45, 7) is 0.0747. The lowest BCUT2D eigenvalue weighted by molar-refractivity contribution is -0.133. The highest BCUT2D eigenvalue weighted by molar-refractivity contribution is 9.06. The normalized spacial score (nSPS) is 9.30. The number of carbonyl (C=O) groups excluding carboxylic acids is 1. The van der Waals surface area contributed by atoms with Gasteiger partial charge in [-0.05, 0) is 0 Å². The second-order valence-electron chi connectivity index (χ2n) is 1.54. The van der Waals surface area contributed by atoms with Crippen molar-refractivity contribution in [3.05, 3.63) is 12.7 Å². The van der Waals surface area contributed by atoms with Gasteiger partial charge in [0.2, 0.25) is 0 Å². The van der Waals surface area contributed by atoms with Crippen molar-refractivity contribution in [1.82, 2.24) is 14.8 Å². The van der Waals surface area contributed by atoms with E-state index in [2.05, 4.69) is 30.2 Å². The van der Waals surface area contributed by atoms with Crippen LogP contribution in [0.25, 0.3) is 0 Å². The quantitative estimate of drug-likeness (QED) is 0.690. The third-order valence-electron chi connectivity index (χ3n) is 0.844. The largest absolute Gasteiger partial charge is 0.382 e. The molecule has 0 aromatic carbocycles. The molecule has 0 aliphatic carbocycles. The van der Waals surface area contributed by atoms with Crippen LogP contribution in [0.2, 0.25) is 0 Å². The smallest absolute Gasteiger partial charge is 0.339 e. The SMILES string of the molecule is O=C(Cn1cncn1)OBr. The Morgan fingerprint density at radius 1 is 1.80 bits per heavy atom. The second kappa shape index (κ2) is 3.31. The molecule has 0 spiro atoms. The Bertz CT molecular complexity index is 210. The minimum Gasteiger partial charge on any atom is -0.382 e. The van der Waals surface area contributed by atoms with Gasteiger partial charge in [-0.25, -0.2) is 14.5 Å². The zero-order chi connectivity index (χ0) is 7.40. The van der Waals surface area contributed by atoms with Gasteiger partial charge in [0.25, 0.3) is 0 Å². The third-order valence-corrected chi connectivity index (χ3v) is 1.20. The standard InChI is InChI=1S/C4H4BrN3O2/c5-10-4(9)1-8-3-6-2-7-8/h2-3H,1H2. The molecule has 1 aromatic heterocycles. The molecule has 5 nitrogen and oxygen atoms in total. The summed E-state index contributed by atoms with van der Waals surface area (Å²) >= 11 is 2.55. The number of nitrogens with zero attached hydrogens (tertiary/aromatic N) is 3. The van der Waals surface area contributed by atoms with Gasteiger partial charge in [0.05, 0.1) is 0 Å². The topological polar surface area (TPSA) is 57.0 Å².